The second-order valence-electron chi connectivity index (χ2n) is 6.61. The monoisotopic (exact) mass is 266 g/mol. The van der Waals surface area contributed by atoms with E-state index in [-0.39, 0.29) is 0 Å². The third-order valence-electron chi connectivity index (χ3n) is 4.95. The lowest BCUT2D eigenvalue weighted by atomic mass is 9.83. The lowest BCUT2D eigenvalue weighted by Gasteiger charge is -2.34. The molecule has 2 unspecified atom stereocenters. The van der Waals surface area contributed by atoms with Gasteiger partial charge in [0.15, 0.2) is 0 Å². The fourth-order valence-electron chi connectivity index (χ4n) is 3.77. The Morgan fingerprint density at radius 3 is 2.53 bits per heavy atom. The molecule has 0 bridgehead atoms. The highest BCUT2D eigenvalue weighted by molar-refractivity contribution is 5.76. The van der Waals surface area contributed by atoms with Crippen molar-refractivity contribution < 1.29 is 4.79 Å². The van der Waals surface area contributed by atoms with Crippen LogP contribution in [-0.2, 0) is 4.79 Å². The van der Waals surface area contributed by atoms with Gasteiger partial charge in [0.2, 0.25) is 5.91 Å². The molecule has 19 heavy (non-hydrogen) atoms. The first-order valence-electron chi connectivity index (χ1n) is 8.22. The maximum Gasteiger partial charge on any atom is 0.222 e. The number of hydrogen-bond acceptors (Lipinski definition) is 2. The van der Waals surface area contributed by atoms with Gasteiger partial charge in [-0.05, 0) is 43.9 Å². The lowest BCUT2D eigenvalue weighted by molar-refractivity contribution is -0.133. The van der Waals surface area contributed by atoms with Gasteiger partial charge in [-0.15, -0.1) is 0 Å². The van der Waals surface area contributed by atoms with Crippen molar-refractivity contribution >= 4 is 5.91 Å². The van der Waals surface area contributed by atoms with Gasteiger partial charge in [-0.1, -0.05) is 26.2 Å². The second-order valence-corrected chi connectivity index (χ2v) is 6.61. The molecule has 1 heterocycles. The first-order chi connectivity index (χ1) is 9.19. The number of piperidine rings is 1. The molecule has 1 amide bonds. The Bertz CT molecular complexity index is 284. The van der Waals surface area contributed by atoms with Crippen LogP contribution in [-0.4, -0.2) is 29.9 Å². The van der Waals surface area contributed by atoms with Crippen LogP contribution in [0.25, 0.3) is 0 Å². The van der Waals surface area contributed by atoms with Crippen molar-refractivity contribution in [1.29, 1.82) is 0 Å². The third-order valence-corrected chi connectivity index (χ3v) is 4.95. The van der Waals surface area contributed by atoms with Gasteiger partial charge in [-0.2, -0.15) is 0 Å². The molecule has 1 aliphatic carbocycles. The summed E-state index contributed by atoms with van der Waals surface area (Å²) in [5.41, 5.74) is 6.01. The zero-order chi connectivity index (χ0) is 13.7. The lowest BCUT2D eigenvalue weighted by Crippen LogP contribution is -2.40. The molecule has 0 aromatic carbocycles. The number of carbonyl (C=O) groups is 1. The number of hydrogen-bond donors (Lipinski definition) is 1. The van der Waals surface area contributed by atoms with E-state index in [1.165, 1.54) is 38.5 Å². The van der Waals surface area contributed by atoms with E-state index < -0.39 is 0 Å². The highest BCUT2D eigenvalue weighted by Crippen LogP contribution is 2.28. The summed E-state index contributed by atoms with van der Waals surface area (Å²) in [5.74, 6) is 1.79. The van der Waals surface area contributed by atoms with Crippen LogP contribution in [0.5, 0.6) is 0 Å². The molecule has 1 saturated carbocycles. The van der Waals surface area contributed by atoms with Crippen molar-refractivity contribution in [2.24, 2.45) is 17.6 Å². The Morgan fingerprint density at radius 2 is 1.89 bits per heavy atom. The van der Waals surface area contributed by atoms with E-state index in [9.17, 15) is 4.79 Å². The molecular weight excluding hydrogens is 236 g/mol. The standard InChI is InChI=1S/C16H30N2O/c1-2-4-13-7-9-18(10-8-13)16(19)12-14-5-3-6-15(17)11-14/h13-15H,2-12,17H2,1H3. The maximum atomic E-state index is 12.3. The van der Waals surface area contributed by atoms with Crippen molar-refractivity contribution in [3.63, 3.8) is 0 Å². The first-order valence-corrected chi connectivity index (χ1v) is 8.22. The zero-order valence-corrected chi connectivity index (χ0v) is 12.4. The molecule has 2 aliphatic rings. The molecule has 2 rings (SSSR count). The smallest absolute Gasteiger partial charge is 0.222 e. The topological polar surface area (TPSA) is 46.3 Å². The molecule has 0 aromatic rings. The minimum absolute atomic E-state index is 0.335. The van der Waals surface area contributed by atoms with Crippen LogP contribution in [0, 0.1) is 11.8 Å². The Morgan fingerprint density at radius 1 is 1.16 bits per heavy atom. The SMILES string of the molecule is CCCC1CCN(C(=O)CC2CCCC(N)C2)CC1. The van der Waals surface area contributed by atoms with E-state index in [0.717, 1.165) is 38.3 Å². The van der Waals surface area contributed by atoms with Gasteiger partial charge in [0.05, 0.1) is 0 Å². The van der Waals surface area contributed by atoms with Gasteiger partial charge in [-0.3, -0.25) is 4.79 Å². The Labute approximate surface area is 117 Å². The van der Waals surface area contributed by atoms with Gasteiger partial charge in [0, 0.05) is 25.6 Å². The molecule has 2 fully saturated rings. The fourth-order valence-corrected chi connectivity index (χ4v) is 3.77. The highest BCUT2D eigenvalue weighted by Gasteiger charge is 2.26. The van der Waals surface area contributed by atoms with Crippen molar-refractivity contribution in [2.75, 3.05) is 13.1 Å². The molecule has 0 spiro atoms. The van der Waals surface area contributed by atoms with Gasteiger partial charge < -0.3 is 10.6 Å². The average Bonchev–Trinajstić information content (AvgIpc) is 2.40. The van der Waals surface area contributed by atoms with E-state index >= 15 is 0 Å². The summed E-state index contributed by atoms with van der Waals surface area (Å²) in [7, 11) is 0. The van der Waals surface area contributed by atoms with Gasteiger partial charge in [0.1, 0.15) is 0 Å². The van der Waals surface area contributed by atoms with Crippen molar-refractivity contribution in [3.8, 4) is 0 Å². The molecule has 110 valence electrons. The second kappa shape index (κ2) is 7.28. The van der Waals surface area contributed by atoms with E-state index in [2.05, 4.69) is 11.8 Å². The van der Waals surface area contributed by atoms with Crippen molar-refractivity contribution in [1.82, 2.24) is 4.90 Å². The molecule has 0 radical (unpaired) electrons. The molecule has 3 nitrogen and oxygen atoms in total. The summed E-state index contributed by atoms with van der Waals surface area (Å²) < 4.78 is 0. The molecule has 3 heteroatoms. The van der Waals surface area contributed by atoms with Crippen LogP contribution < -0.4 is 5.73 Å². The summed E-state index contributed by atoms with van der Waals surface area (Å²) in [6.45, 7) is 4.23. The normalized spacial score (nSPS) is 29.5. The number of likely N-dealkylation sites (tertiary alicyclic amines) is 1. The predicted octanol–water partition coefficient (Wildman–Crippen LogP) is 2.93. The van der Waals surface area contributed by atoms with Crippen molar-refractivity contribution in [3.05, 3.63) is 0 Å². The summed E-state index contributed by atoms with van der Waals surface area (Å²) in [4.78, 5) is 14.4. The number of rotatable bonds is 4. The molecule has 1 saturated heterocycles. The fraction of sp³-hybridized carbons (Fsp3) is 0.938. The summed E-state index contributed by atoms with van der Waals surface area (Å²) in [6.07, 6.45) is 10.4. The predicted molar refractivity (Wildman–Crippen MR) is 78.8 cm³/mol. The summed E-state index contributed by atoms with van der Waals surface area (Å²) in [5, 5.41) is 0. The van der Waals surface area contributed by atoms with E-state index in [1.54, 1.807) is 0 Å². The number of nitrogens with zero attached hydrogens (tertiary/aromatic N) is 1. The van der Waals surface area contributed by atoms with Crippen LogP contribution in [0.15, 0.2) is 0 Å². The zero-order valence-electron chi connectivity index (χ0n) is 12.4. The first kappa shape index (κ1) is 14.8. The molecule has 2 atom stereocenters. The van der Waals surface area contributed by atoms with Gasteiger partial charge in [-0.25, -0.2) is 0 Å². The quantitative estimate of drug-likeness (QED) is 0.850. The van der Waals surface area contributed by atoms with Crippen LogP contribution in [0.2, 0.25) is 0 Å². The third kappa shape index (κ3) is 4.48. The largest absolute Gasteiger partial charge is 0.343 e. The highest BCUT2D eigenvalue weighted by atomic mass is 16.2. The summed E-state index contributed by atoms with van der Waals surface area (Å²) >= 11 is 0. The number of amides is 1. The van der Waals surface area contributed by atoms with E-state index in [1.807, 2.05) is 0 Å². The van der Waals surface area contributed by atoms with Crippen LogP contribution in [0.3, 0.4) is 0 Å². The molecular formula is C16H30N2O. The Hall–Kier alpha value is -0.570. The minimum atomic E-state index is 0.335. The van der Waals surface area contributed by atoms with Gasteiger partial charge >= 0.3 is 0 Å². The average molecular weight is 266 g/mol. The Balaban J connectivity index is 1.72. The minimum Gasteiger partial charge on any atom is -0.343 e. The van der Waals surface area contributed by atoms with Gasteiger partial charge in [0.25, 0.3) is 0 Å². The van der Waals surface area contributed by atoms with E-state index in [4.69, 9.17) is 5.73 Å². The Kier molecular flexibility index (Phi) is 5.68. The molecule has 2 N–H and O–H groups in total. The maximum absolute atomic E-state index is 12.3. The molecule has 0 aromatic heterocycles. The van der Waals surface area contributed by atoms with E-state index in [0.29, 0.717) is 17.9 Å². The van der Waals surface area contributed by atoms with Crippen LogP contribution >= 0.6 is 0 Å². The number of nitrogens with two attached hydrogens (primary N) is 1. The number of carbonyl (C=O) groups excluding carboxylic acids is 1. The molecule has 1 aliphatic heterocycles. The summed E-state index contributed by atoms with van der Waals surface area (Å²) in [6, 6.07) is 0.335. The van der Waals surface area contributed by atoms with Crippen LogP contribution in [0.1, 0.15) is 64.7 Å². The van der Waals surface area contributed by atoms with Crippen LogP contribution in [0.4, 0.5) is 0 Å². The van der Waals surface area contributed by atoms with Crippen molar-refractivity contribution in [2.45, 2.75) is 70.8 Å².